The van der Waals surface area contributed by atoms with Gasteiger partial charge in [-0.2, -0.15) is 13.2 Å². The molecule has 1 aromatic rings. The number of anilines is 1. The van der Waals surface area contributed by atoms with Gasteiger partial charge in [0.25, 0.3) is 0 Å². The molecular weight excluding hydrogens is 317 g/mol. The first-order valence-electron chi connectivity index (χ1n) is 5.25. The Morgan fingerprint density at radius 3 is 2.45 bits per heavy atom. The summed E-state index contributed by atoms with van der Waals surface area (Å²) in [7, 11) is 0. The van der Waals surface area contributed by atoms with Crippen molar-refractivity contribution in [3.05, 3.63) is 28.8 Å². The predicted octanol–water partition coefficient (Wildman–Crippen LogP) is 3.02. The zero-order valence-electron chi connectivity index (χ0n) is 10.1. The van der Waals surface area contributed by atoms with Crippen molar-refractivity contribution in [3.63, 3.8) is 0 Å². The van der Waals surface area contributed by atoms with Crippen LogP contribution >= 0.6 is 23.4 Å². The number of amides is 2. The number of hydrogen-bond acceptors (Lipinski definition) is 3. The van der Waals surface area contributed by atoms with Gasteiger partial charge in [0.05, 0.1) is 15.8 Å². The van der Waals surface area contributed by atoms with Crippen molar-refractivity contribution < 1.29 is 22.8 Å². The van der Waals surface area contributed by atoms with Gasteiger partial charge < -0.3 is 11.1 Å². The lowest BCUT2D eigenvalue weighted by atomic mass is 10.2. The fourth-order valence-electron chi connectivity index (χ4n) is 1.29. The van der Waals surface area contributed by atoms with Crippen molar-refractivity contribution in [2.75, 3.05) is 5.32 Å². The Bertz CT molecular complexity index is 537. The maximum Gasteiger partial charge on any atom is 0.442 e. The third kappa shape index (κ3) is 4.93. The molecule has 0 aromatic heterocycles. The second-order valence-corrected chi connectivity index (χ2v) is 5.57. The Morgan fingerprint density at radius 2 is 2.00 bits per heavy atom. The first kappa shape index (κ1) is 16.6. The van der Waals surface area contributed by atoms with Crippen molar-refractivity contribution >= 4 is 40.9 Å². The molecule has 20 heavy (non-hydrogen) atoms. The molecule has 0 radical (unpaired) electrons. The number of hydrogen-bond donors (Lipinski definition) is 2. The van der Waals surface area contributed by atoms with Crippen LogP contribution in [0.2, 0.25) is 5.02 Å². The summed E-state index contributed by atoms with van der Waals surface area (Å²) in [5, 5.41) is 0.966. The minimum Gasteiger partial charge on any atom is -0.366 e. The summed E-state index contributed by atoms with van der Waals surface area (Å²) in [6, 6.07) is 3.85. The number of nitrogens with one attached hydrogen (secondary N) is 1. The molecule has 0 spiro atoms. The highest BCUT2D eigenvalue weighted by atomic mass is 35.5. The zero-order valence-corrected chi connectivity index (χ0v) is 11.7. The molecule has 1 atom stereocenters. The van der Waals surface area contributed by atoms with E-state index in [-0.39, 0.29) is 16.3 Å². The lowest BCUT2D eigenvalue weighted by molar-refractivity contribution is -0.115. The third-order valence-electron chi connectivity index (χ3n) is 2.18. The number of nitrogens with two attached hydrogens (primary N) is 1. The SMILES string of the molecule is C[C@H](SC(F)(F)F)C(=O)Nc1ccc(C(N)=O)c(Cl)c1. The molecule has 0 fully saturated rings. The van der Waals surface area contributed by atoms with Crippen molar-refractivity contribution in [3.8, 4) is 0 Å². The average Bonchev–Trinajstić information content (AvgIpc) is 2.26. The minimum absolute atomic E-state index is 0.00595. The molecule has 0 heterocycles. The van der Waals surface area contributed by atoms with Gasteiger partial charge >= 0.3 is 5.51 Å². The Hall–Kier alpha value is -1.41. The summed E-state index contributed by atoms with van der Waals surface area (Å²) in [5.74, 6) is -1.57. The smallest absolute Gasteiger partial charge is 0.366 e. The van der Waals surface area contributed by atoms with Crippen LogP contribution in [0.4, 0.5) is 18.9 Å². The van der Waals surface area contributed by atoms with Gasteiger partial charge in [0.1, 0.15) is 0 Å². The lowest BCUT2D eigenvalue weighted by Gasteiger charge is -2.14. The molecule has 0 aliphatic heterocycles. The van der Waals surface area contributed by atoms with Crippen LogP contribution in [-0.4, -0.2) is 22.6 Å². The van der Waals surface area contributed by atoms with Gasteiger partial charge in [-0.05, 0) is 36.9 Å². The number of benzene rings is 1. The summed E-state index contributed by atoms with van der Waals surface area (Å²) in [5.41, 5.74) is 0.787. The number of carbonyl (C=O) groups excluding carboxylic acids is 2. The molecule has 2 amide bonds. The molecule has 9 heteroatoms. The summed E-state index contributed by atoms with van der Waals surface area (Å²) < 4.78 is 36.4. The van der Waals surface area contributed by atoms with E-state index in [9.17, 15) is 22.8 Å². The number of rotatable bonds is 4. The number of halogens is 4. The highest BCUT2D eigenvalue weighted by molar-refractivity contribution is 8.01. The number of carbonyl (C=O) groups is 2. The summed E-state index contributed by atoms with van der Waals surface area (Å²) in [6.45, 7) is 1.13. The van der Waals surface area contributed by atoms with Gasteiger partial charge in [-0.25, -0.2) is 0 Å². The van der Waals surface area contributed by atoms with Crippen LogP contribution in [0.15, 0.2) is 18.2 Å². The maximum absolute atomic E-state index is 12.1. The quantitative estimate of drug-likeness (QED) is 0.893. The molecule has 4 nitrogen and oxygen atoms in total. The number of primary amides is 1. The van der Waals surface area contributed by atoms with Crippen LogP contribution in [-0.2, 0) is 4.79 Å². The summed E-state index contributed by atoms with van der Waals surface area (Å²) in [6.07, 6.45) is 0. The number of alkyl halides is 3. The average molecular weight is 327 g/mol. The summed E-state index contributed by atoms with van der Waals surface area (Å²) in [4.78, 5) is 22.5. The molecule has 0 aliphatic rings. The van der Waals surface area contributed by atoms with E-state index in [1.807, 2.05) is 0 Å². The number of thioether (sulfide) groups is 1. The molecule has 0 saturated heterocycles. The van der Waals surface area contributed by atoms with Crippen LogP contribution in [0.5, 0.6) is 0 Å². The fraction of sp³-hybridized carbons (Fsp3) is 0.273. The van der Waals surface area contributed by atoms with Crippen molar-refractivity contribution in [2.45, 2.75) is 17.7 Å². The first-order valence-corrected chi connectivity index (χ1v) is 6.50. The molecule has 110 valence electrons. The van der Waals surface area contributed by atoms with Crippen molar-refractivity contribution in [1.29, 1.82) is 0 Å². The standard InChI is InChI=1S/C11H10ClF3N2O2S/c1-5(20-11(13,14)15)10(19)17-6-2-3-7(9(16)18)8(12)4-6/h2-5H,1H3,(H2,16,18)(H,17,19)/t5-/m0/s1. The first-order chi connectivity index (χ1) is 9.10. The second kappa shape index (κ2) is 6.36. The van der Waals surface area contributed by atoms with Gasteiger partial charge in [0.2, 0.25) is 11.8 Å². The van der Waals surface area contributed by atoms with Gasteiger partial charge in [-0.15, -0.1) is 0 Å². The van der Waals surface area contributed by atoms with Crippen LogP contribution in [0, 0.1) is 0 Å². The normalized spacial score (nSPS) is 12.8. The van der Waals surface area contributed by atoms with E-state index in [2.05, 4.69) is 5.32 Å². The molecular formula is C11H10ClF3N2O2S. The van der Waals surface area contributed by atoms with E-state index in [1.165, 1.54) is 18.2 Å². The molecule has 0 aliphatic carbocycles. The van der Waals surface area contributed by atoms with E-state index < -0.39 is 34.3 Å². The Balaban J connectivity index is 2.76. The maximum atomic E-state index is 12.1. The van der Waals surface area contributed by atoms with Crippen molar-refractivity contribution in [2.24, 2.45) is 5.73 Å². The van der Waals surface area contributed by atoms with E-state index in [1.54, 1.807) is 0 Å². The van der Waals surface area contributed by atoms with E-state index in [4.69, 9.17) is 17.3 Å². The third-order valence-corrected chi connectivity index (χ3v) is 3.33. The van der Waals surface area contributed by atoms with Crippen LogP contribution in [0.25, 0.3) is 0 Å². The minimum atomic E-state index is -4.50. The Labute approximate surface area is 121 Å². The van der Waals surface area contributed by atoms with Gasteiger partial charge in [-0.3, -0.25) is 9.59 Å². The molecule has 1 rings (SSSR count). The predicted molar refractivity (Wildman–Crippen MR) is 71.7 cm³/mol. The molecule has 0 unspecified atom stereocenters. The van der Waals surface area contributed by atoms with E-state index in [0.29, 0.717) is 0 Å². The zero-order chi connectivity index (χ0) is 15.5. The van der Waals surface area contributed by atoms with E-state index >= 15 is 0 Å². The fourth-order valence-corrected chi connectivity index (χ4v) is 2.13. The van der Waals surface area contributed by atoms with E-state index in [0.717, 1.165) is 6.92 Å². The van der Waals surface area contributed by atoms with Crippen molar-refractivity contribution in [1.82, 2.24) is 0 Å². The highest BCUT2D eigenvalue weighted by Crippen LogP contribution is 2.34. The molecule has 0 saturated carbocycles. The van der Waals surface area contributed by atoms with Gasteiger partial charge in [-0.1, -0.05) is 11.6 Å². The van der Waals surface area contributed by atoms with Crippen LogP contribution in [0.1, 0.15) is 17.3 Å². The largest absolute Gasteiger partial charge is 0.442 e. The van der Waals surface area contributed by atoms with Crippen LogP contribution in [0.3, 0.4) is 0 Å². The molecule has 1 aromatic carbocycles. The highest BCUT2D eigenvalue weighted by Gasteiger charge is 2.34. The van der Waals surface area contributed by atoms with Gasteiger partial charge in [0, 0.05) is 5.69 Å². The molecule has 3 N–H and O–H groups in total. The Kier molecular flexibility index (Phi) is 5.29. The van der Waals surface area contributed by atoms with Gasteiger partial charge in [0.15, 0.2) is 0 Å². The summed E-state index contributed by atoms with van der Waals surface area (Å²) >= 11 is 5.33. The molecule has 0 bridgehead atoms. The lowest BCUT2D eigenvalue weighted by Crippen LogP contribution is -2.25. The van der Waals surface area contributed by atoms with Crippen LogP contribution < -0.4 is 11.1 Å². The monoisotopic (exact) mass is 326 g/mol. The Morgan fingerprint density at radius 1 is 1.40 bits per heavy atom. The topological polar surface area (TPSA) is 72.2 Å². The second-order valence-electron chi connectivity index (χ2n) is 3.75.